The van der Waals surface area contributed by atoms with Crippen LogP contribution in [0.5, 0.6) is 0 Å². The topological polar surface area (TPSA) is 92.7 Å². The van der Waals surface area contributed by atoms with E-state index in [4.69, 9.17) is 33.5 Å². The summed E-state index contributed by atoms with van der Waals surface area (Å²) in [5.74, 6) is -0.0512. The second-order valence-corrected chi connectivity index (χ2v) is 11.7. The van der Waals surface area contributed by atoms with Crippen LogP contribution >= 0.6 is 0 Å². The molecule has 0 aromatic heterocycles. The molecule has 38 heavy (non-hydrogen) atoms. The Kier molecular flexibility index (Phi) is 15.5. The number of methoxy groups -OCH3 is 2. The molecule has 0 radical (unpaired) electrons. The molecule has 2 aliphatic heterocycles. The third-order valence-electron chi connectivity index (χ3n) is 6.24. The maximum Gasteiger partial charge on any atom is 0.163 e. The predicted octanol–water partition coefficient (Wildman–Crippen LogP) is 5.22. The lowest BCUT2D eigenvalue weighted by Crippen LogP contribution is -2.36. The highest BCUT2D eigenvalue weighted by molar-refractivity contribution is 5.50. The Hall–Kier alpha value is -1.13. The van der Waals surface area contributed by atoms with E-state index >= 15 is 0 Å². The van der Waals surface area contributed by atoms with Crippen molar-refractivity contribution in [2.24, 2.45) is 11.8 Å². The van der Waals surface area contributed by atoms with Gasteiger partial charge in [0.25, 0.3) is 0 Å². The lowest BCUT2D eigenvalue weighted by atomic mass is 10.0. The minimum absolute atomic E-state index is 0.0900. The number of carbonyl (C=O) groups is 1. The summed E-state index contributed by atoms with van der Waals surface area (Å²) in [5, 5.41) is 9.12. The molecule has 2 heterocycles. The Morgan fingerprint density at radius 3 is 1.55 bits per heavy atom. The molecule has 2 unspecified atom stereocenters. The van der Waals surface area contributed by atoms with Gasteiger partial charge < -0.3 is 38.3 Å². The number of ether oxygens (including phenoxy) is 6. The van der Waals surface area contributed by atoms with E-state index in [2.05, 4.69) is 39.8 Å². The van der Waals surface area contributed by atoms with Crippen LogP contribution in [0.1, 0.15) is 81.1 Å². The van der Waals surface area contributed by atoms with E-state index in [1.54, 1.807) is 14.2 Å². The van der Waals surface area contributed by atoms with Crippen LogP contribution in [-0.2, 0) is 33.2 Å². The number of aldehydes is 1. The first kappa shape index (κ1) is 34.9. The molecule has 0 spiro atoms. The van der Waals surface area contributed by atoms with Crippen LogP contribution in [0, 0.1) is 11.8 Å². The smallest absolute Gasteiger partial charge is 0.163 e. The summed E-state index contributed by atoms with van der Waals surface area (Å²) in [6.07, 6.45) is 10.9. The van der Waals surface area contributed by atoms with Gasteiger partial charge in [-0.05, 0) is 58.8 Å². The molecule has 0 bridgehead atoms. The molecule has 1 N–H and O–H groups in total. The van der Waals surface area contributed by atoms with Crippen molar-refractivity contribution in [3.8, 4) is 0 Å². The Balaban J connectivity index is 0.000000380. The van der Waals surface area contributed by atoms with Crippen LogP contribution in [0.25, 0.3) is 0 Å². The van der Waals surface area contributed by atoms with Gasteiger partial charge >= 0.3 is 0 Å². The molecule has 2 rings (SSSR count). The maximum absolute atomic E-state index is 10.7. The number of aliphatic hydroxyl groups is 1. The third-order valence-corrected chi connectivity index (χ3v) is 6.24. The predicted molar refractivity (Wildman–Crippen MR) is 149 cm³/mol. The number of allylic oxidation sites excluding steroid dienone is 2. The summed E-state index contributed by atoms with van der Waals surface area (Å²) in [7, 11) is 3.33. The molecule has 2 aliphatic rings. The SMILES string of the molecule is COC(/C=C\CC(C)C)[C@H]1OC(C)(C)O[C@H]1CC=O.COC(/C=C\CC(C)C)[C@H]1OC(C)(C)O[C@H]1CCO. The van der Waals surface area contributed by atoms with E-state index in [1.807, 2.05) is 39.8 Å². The van der Waals surface area contributed by atoms with Gasteiger partial charge in [0.05, 0.1) is 12.2 Å². The van der Waals surface area contributed by atoms with Crippen molar-refractivity contribution < 1.29 is 38.3 Å². The lowest BCUT2D eigenvalue weighted by Gasteiger charge is -2.23. The molecule has 222 valence electrons. The fourth-order valence-corrected chi connectivity index (χ4v) is 4.52. The molecule has 2 fully saturated rings. The summed E-state index contributed by atoms with van der Waals surface area (Å²) >= 11 is 0. The summed E-state index contributed by atoms with van der Waals surface area (Å²) in [6.45, 7) is 16.3. The zero-order valence-corrected chi connectivity index (χ0v) is 25.3. The highest BCUT2D eigenvalue weighted by Gasteiger charge is 2.45. The van der Waals surface area contributed by atoms with Gasteiger partial charge in [-0.25, -0.2) is 0 Å². The fraction of sp³-hybridized carbons (Fsp3) is 0.833. The minimum atomic E-state index is -0.666. The first-order valence-corrected chi connectivity index (χ1v) is 13.9. The number of aliphatic hydroxyl groups excluding tert-OH is 1. The zero-order valence-electron chi connectivity index (χ0n) is 25.3. The lowest BCUT2D eigenvalue weighted by molar-refractivity contribution is -0.155. The number of rotatable bonds is 14. The van der Waals surface area contributed by atoms with Crippen LogP contribution in [0.2, 0.25) is 0 Å². The average molecular weight is 543 g/mol. The van der Waals surface area contributed by atoms with Crippen molar-refractivity contribution in [1.29, 1.82) is 0 Å². The summed E-state index contributed by atoms with van der Waals surface area (Å²) in [6, 6.07) is 0. The molecule has 2 saturated heterocycles. The van der Waals surface area contributed by atoms with Gasteiger partial charge in [-0.1, -0.05) is 52.0 Å². The zero-order chi connectivity index (χ0) is 28.9. The van der Waals surface area contributed by atoms with Gasteiger partial charge in [-0.2, -0.15) is 0 Å². The monoisotopic (exact) mass is 542 g/mol. The molecule has 6 atom stereocenters. The van der Waals surface area contributed by atoms with E-state index in [9.17, 15) is 4.79 Å². The average Bonchev–Trinajstić information content (AvgIpc) is 3.28. The molecule has 0 saturated carbocycles. The molecule has 0 aliphatic carbocycles. The van der Waals surface area contributed by atoms with Crippen molar-refractivity contribution in [2.75, 3.05) is 20.8 Å². The molecule has 8 heteroatoms. The van der Waals surface area contributed by atoms with Crippen molar-refractivity contribution >= 4 is 6.29 Å². The quantitative estimate of drug-likeness (QED) is 0.236. The number of carbonyl (C=O) groups excluding carboxylic acids is 1. The first-order chi connectivity index (χ1) is 17.8. The standard InChI is InChI=1S/C15H28O4.C15H26O4/c2*1-11(2)7-6-8-12(17-5)14-13(9-10-16)18-15(3,4)19-14/h6,8,11-14,16H,7,9-10H2,1-5H3;6,8,10-14H,7,9H2,1-5H3/b2*8-6-/t2*12?,13-,14+/m00/s1. The molecular weight excluding hydrogens is 488 g/mol. The van der Waals surface area contributed by atoms with E-state index in [-0.39, 0.29) is 43.2 Å². The van der Waals surface area contributed by atoms with Gasteiger partial charge in [0, 0.05) is 27.2 Å². The summed E-state index contributed by atoms with van der Waals surface area (Å²) in [5.41, 5.74) is 0. The minimum Gasteiger partial charge on any atom is -0.396 e. The van der Waals surface area contributed by atoms with Crippen molar-refractivity contribution in [2.45, 2.75) is 129 Å². The van der Waals surface area contributed by atoms with Gasteiger partial charge in [0.1, 0.15) is 30.7 Å². The van der Waals surface area contributed by atoms with E-state index in [1.165, 1.54) is 0 Å². The first-order valence-electron chi connectivity index (χ1n) is 13.9. The van der Waals surface area contributed by atoms with Crippen LogP contribution < -0.4 is 0 Å². The van der Waals surface area contributed by atoms with E-state index < -0.39 is 11.6 Å². The molecule has 0 amide bonds. The largest absolute Gasteiger partial charge is 0.396 e. The van der Waals surface area contributed by atoms with Gasteiger partial charge in [0.15, 0.2) is 11.6 Å². The van der Waals surface area contributed by atoms with E-state index in [0.717, 1.165) is 19.1 Å². The van der Waals surface area contributed by atoms with Crippen LogP contribution in [0.4, 0.5) is 0 Å². The van der Waals surface area contributed by atoms with Crippen LogP contribution in [0.3, 0.4) is 0 Å². The molecule has 8 nitrogen and oxygen atoms in total. The maximum atomic E-state index is 10.7. The highest BCUT2D eigenvalue weighted by atomic mass is 16.8. The Labute approximate surface area is 231 Å². The van der Waals surface area contributed by atoms with E-state index in [0.29, 0.717) is 24.7 Å². The highest BCUT2D eigenvalue weighted by Crippen LogP contribution is 2.33. The second-order valence-electron chi connectivity index (χ2n) is 11.7. The number of hydrogen-bond acceptors (Lipinski definition) is 8. The van der Waals surface area contributed by atoms with Crippen LogP contribution in [-0.4, -0.2) is 80.4 Å². The summed E-state index contributed by atoms with van der Waals surface area (Å²) < 4.78 is 34.3. The second kappa shape index (κ2) is 16.9. The van der Waals surface area contributed by atoms with Crippen molar-refractivity contribution in [1.82, 2.24) is 0 Å². The van der Waals surface area contributed by atoms with Crippen molar-refractivity contribution in [3.63, 3.8) is 0 Å². The van der Waals surface area contributed by atoms with Gasteiger partial charge in [-0.3, -0.25) is 0 Å². The Morgan fingerprint density at radius 2 is 1.18 bits per heavy atom. The molecular formula is C30H54O8. The summed E-state index contributed by atoms with van der Waals surface area (Å²) in [4.78, 5) is 10.7. The van der Waals surface area contributed by atoms with Crippen molar-refractivity contribution in [3.05, 3.63) is 24.3 Å². The fourth-order valence-electron chi connectivity index (χ4n) is 4.52. The van der Waals surface area contributed by atoms with Crippen LogP contribution in [0.15, 0.2) is 24.3 Å². The number of hydrogen-bond donors (Lipinski definition) is 1. The normalized spacial score (nSPS) is 28.2. The Morgan fingerprint density at radius 1 is 0.763 bits per heavy atom. The Bertz CT molecular complexity index is 715. The van der Waals surface area contributed by atoms with Gasteiger partial charge in [-0.15, -0.1) is 0 Å². The third kappa shape index (κ3) is 12.4. The molecule has 0 aromatic carbocycles. The molecule has 0 aromatic rings. The van der Waals surface area contributed by atoms with Gasteiger partial charge in [0.2, 0.25) is 0 Å².